The quantitative estimate of drug-likeness (QED) is 0.200. The van der Waals surface area contributed by atoms with E-state index < -0.39 is 17.9 Å². The van der Waals surface area contributed by atoms with Crippen LogP contribution in [0.15, 0.2) is 73.8 Å². The third-order valence-corrected chi connectivity index (χ3v) is 3.38. The highest BCUT2D eigenvalue weighted by molar-refractivity contribution is 5.90. The average molecular weight is 422 g/mol. The first-order valence-electron chi connectivity index (χ1n) is 8.78. The first-order valence-corrected chi connectivity index (χ1v) is 8.78. The molecule has 0 heterocycles. The molecule has 0 saturated carbocycles. The van der Waals surface area contributed by atoms with Crippen molar-refractivity contribution in [3.05, 3.63) is 79.4 Å². The normalized spacial score (nSPS) is 9.29. The maximum absolute atomic E-state index is 11.9. The molecule has 0 fully saturated rings. The van der Waals surface area contributed by atoms with Crippen LogP contribution in [0.1, 0.15) is 5.56 Å². The molecule has 2 rings (SSSR count). The lowest BCUT2D eigenvalue weighted by atomic mass is 10.2. The summed E-state index contributed by atoms with van der Waals surface area (Å²) < 4.78 is 24.9. The molecule has 31 heavy (non-hydrogen) atoms. The summed E-state index contributed by atoms with van der Waals surface area (Å²) in [6.07, 6.45) is 2.06. The number of hydrogen-bond donors (Lipinski definition) is 0. The molecular weight excluding hydrogens is 404 g/mol. The highest BCUT2D eigenvalue weighted by Crippen LogP contribution is 2.18. The molecule has 158 valence electrons. The van der Waals surface area contributed by atoms with Crippen LogP contribution in [0.3, 0.4) is 0 Å². The van der Waals surface area contributed by atoms with Crippen molar-refractivity contribution in [3.8, 4) is 29.1 Å². The van der Waals surface area contributed by atoms with E-state index in [4.69, 9.17) is 23.7 Å². The highest BCUT2D eigenvalue weighted by Gasteiger charge is 2.03. The van der Waals surface area contributed by atoms with Crippen LogP contribution in [-0.4, -0.2) is 31.5 Å². The van der Waals surface area contributed by atoms with Gasteiger partial charge in [0.2, 0.25) is 13.6 Å². The molecule has 0 aliphatic carbocycles. The lowest BCUT2D eigenvalue weighted by Crippen LogP contribution is -2.08. The topological polar surface area (TPSA) is 97.4 Å². The van der Waals surface area contributed by atoms with Gasteiger partial charge in [-0.2, -0.15) is 0 Å². The molecule has 8 heteroatoms. The number of hydrogen-bond acceptors (Lipinski definition) is 8. The number of ether oxygens (including phenoxy) is 5. The number of carbonyl (C=O) groups is 3. The predicted octanol–water partition coefficient (Wildman–Crippen LogP) is 2.77. The number of benzene rings is 2. The zero-order valence-corrected chi connectivity index (χ0v) is 16.4. The molecule has 0 unspecified atom stereocenters. The molecular formula is C23H18O8. The van der Waals surface area contributed by atoms with Crippen molar-refractivity contribution in [2.24, 2.45) is 0 Å². The first kappa shape index (κ1) is 22.8. The Hall–Kier alpha value is -4.51. The Morgan fingerprint density at radius 1 is 0.742 bits per heavy atom. The van der Waals surface area contributed by atoms with Gasteiger partial charge in [-0.25, -0.2) is 14.4 Å². The van der Waals surface area contributed by atoms with Crippen LogP contribution in [0, 0.1) is 11.8 Å². The van der Waals surface area contributed by atoms with E-state index >= 15 is 0 Å². The standard InChI is InChI=1S/C23H18O8/c1-3-21(24)29-15-27-18-8-5-17(6-9-18)7-14-23(26)31-20-12-10-19(11-13-20)28-16-30-22(25)4-2/h3-6,8-13H,1-2,15-16H2. The predicted molar refractivity (Wildman–Crippen MR) is 109 cm³/mol. The zero-order valence-electron chi connectivity index (χ0n) is 16.4. The molecule has 0 aromatic heterocycles. The molecule has 0 amide bonds. The fourth-order valence-electron chi connectivity index (χ4n) is 1.92. The fourth-order valence-corrected chi connectivity index (χ4v) is 1.92. The first-order chi connectivity index (χ1) is 15.0. The summed E-state index contributed by atoms with van der Waals surface area (Å²) in [5.41, 5.74) is 0.560. The van der Waals surface area contributed by atoms with Crippen LogP contribution in [0.5, 0.6) is 17.2 Å². The molecule has 0 aliphatic rings. The fraction of sp³-hybridized carbons (Fsp3) is 0.0870. The minimum atomic E-state index is -0.745. The van der Waals surface area contributed by atoms with Crippen LogP contribution >= 0.6 is 0 Å². The van der Waals surface area contributed by atoms with E-state index in [0.29, 0.717) is 17.1 Å². The van der Waals surface area contributed by atoms with Crippen molar-refractivity contribution >= 4 is 17.9 Å². The zero-order chi connectivity index (χ0) is 22.5. The molecule has 0 N–H and O–H groups in total. The van der Waals surface area contributed by atoms with Gasteiger partial charge in [0.05, 0.1) is 0 Å². The Morgan fingerprint density at radius 2 is 1.19 bits per heavy atom. The van der Waals surface area contributed by atoms with Gasteiger partial charge in [0, 0.05) is 23.6 Å². The largest absolute Gasteiger partial charge is 0.457 e. The molecule has 0 aliphatic heterocycles. The summed E-state index contributed by atoms with van der Waals surface area (Å²) in [4.78, 5) is 33.7. The van der Waals surface area contributed by atoms with Gasteiger partial charge in [0.15, 0.2) is 0 Å². The summed E-state index contributed by atoms with van der Waals surface area (Å²) in [5.74, 6) is 4.27. The van der Waals surface area contributed by atoms with Crippen LogP contribution in [0.4, 0.5) is 0 Å². The maximum atomic E-state index is 11.9. The van der Waals surface area contributed by atoms with E-state index in [2.05, 4.69) is 25.0 Å². The van der Waals surface area contributed by atoms with E-state index in [1.807, 2.05) is 0 Å². The van der Waals surface area contributed by atoms with Gasteiger partial charge in [-0.15, -0.1) is 0 Å². The summed E-state index contributed by atoms with van der Waals surface area (Å²) in [7, 11) is 0. The van der Waals surface area contributed by atoms with Crippen molar-refractivity contribution in [2.45, 2.75) is 0 Å². The van der Waals surface area contributed by atoms with Crippen LogP contribution < -0.4 is 14.2 Å². The molecule has 8 nitrogen and oxygen atoms in total. The summed E-state index contributed by atoms with van der Waals surface area (Å²) >= 11 is 0. The minimum absolute atomic E-state index is 0.244. The van der Waals surface area contributed by atoms with Crippen molar-refractivity contribution in [1.29, 1.82) is 0 Å². The van der Waals surface area contributed by atoms with Gasteiger partial charge in [0.1, 0.15) is 17.2 Å². The van der Waals surface area contributed by atoms with Gasteiger partial charge in [0.25, 0.3) is 0 Å². The number of carbonyl (C=O) groups excluding carboxylic acids is 3. The van der Waals surface area contributed by atoms with Gasteiger partial charge < -0.3 is 23.7 Å². The molecule has 0 saturated heterocycles. The van der Waals surface area contributed by atoms with E-state index in [1.54, 1.807) is 36.4 Å². The Balaban J connectivity index is 1.81. The van der Waals surface area contributed by atoms with Gasteiger partial charge in [-0.1, -0.05) is 19.1 Å². The van der Waals surface area contributed by atoms with E-state index in [-0.39, 0.29) is 19.3 Å². The van der Waals surface area contributed by atoms with Crippen LogP contribution in [0.2, 0.25) is 0 Å². The third kappa shape index (κ3) is 8.58. The number of rotatable bonds is 9. The maximum Gasteiger partial charge on any atom is 0.390 e. The SMILES string of the molecule is C=CC(=O)OCOc1ccc(C#CC(=O)Oc2ccc(OCOC(=O)C=C)cc2)cc1. The van der Waals surface area contributed by atoms with Crippen LogP contribution in [-0.2, 0) is 23.9 Å². The Kier molecular flexibility index (Phi) is 8.92. The van der Waals surface area contributed by atoms with Crippen molar-refractivity contribution in [3.63, 3.8) is 0 Å². The van der Waals surface area contributed by atoms with Crippen molar-refractivity contribution in [2.75, 3.05) is 13.6 Å². The minimum Gasteiger partial charge on any atom is -0.457 e. The molecule has 0 bridgehead atoms. The lowest BCUT2D eigenvalue weighted by molar-refractivity contribution is -0.145. The van der Waals surface area contributed by atoms with Gasteiger partial charge in [-0.3, -0.25) is 0 Å². The molecule has 0 radical (unpaired) electrons. The van der Waals surface area contributed by atoms with Crippen molar-refractivity contribution < 1.29 is 38.1 Å². The monoisotopic (exact) mass is 422 g/mol. The van der Waals surface area contributed by atoms with Gasteiger partial charge >= 0.3 is 17.9 Å². The highest BCUT2D eigenvalue weighted by atomic mass is 16.7. The van der Waals surface area contributed by atoms with Crippen LogP contribution in [0.25, 0.3) is 0 Å². The van der Waals surface area contributed by atoms with Crippen molar-refractivity contribution in [1.82, 2.24) is 0 Å². The Morgan fingerprint density at radius 3 is 1.68 bits per heavy atom. The van der Waals surface area contributed by atoms with E-state index in [0.717, 1.165) is 12.2 Å². The number of esters is 3. The molecule has 2 aromatic rings. The third-order valence-electron chi connectivity index (χ3n) is 3.38. The molecule has 0 spiro atoms. The van der Waals surface area contributed by atoms with Gasteiger partial charge in [-0.05, 0) is 48.5 Å². The smallest absolute Gasteiger partial charge is 0.390 e. The molecule has 0 atom stereocenters. The molecule has 2 aromatic carbocycles. The summed E-state index contributed by atoms with van der Waals surface area (Å²) in [5, 5.41) is 0. The second-order valence-corrected chi connectivity index (χ2v) is 5.49. The Labute approximate surface area is 178 Å². The van der Waals surface area contributed by atoms with E-state index in [9.17, 15) is 14.4 Å². The average Bonchev–Trinajstić information content (AvgIpc) is 2.79. The second kappa shape index (κ2) is 12.1. The summed E-state index contributed by atoms with van der Waals surface area (Å²) in [6.45, 7) is 6.04. The summed E-state index contributed by atoms with van der Waals surface area (Å²) in [6, 6.07) is 12.6. The van der Waals surface area contributed by atoms with E-state index in [1.165, 1.54) is 12.1 Å². The lowest BCUT2D eigenvalue weighted by Gasteiger charge is -2.06. The Bertz CT molecular complexity index is 995. The second-order valence-electron chi connectivity index (χ2n) is 5.49.